The lowest BCUT2D eigenvalue weighted by Crippen LogP contribution is -2.24. The number of non-ortho nitro benzene ring substituents is 1. The second kappa shape index (κ2) is 6.31. The second-order valence-electron chi connectivity index (χ2n) is 5.74. The lowest BCUT2D eigenvalue weighted by Gasteiger charge is -2.10. The molecule has 2 N–H and O–H groups in total. The Kier molecular flexibility index (Phi) is 4.35. The summed E-state index contributed by atoms with van der Waals surface area (Å²) in [5.74, 6) is 0. The van der Waals surface area contributed by atoms with Crippen LogP contribution in [0.25, 0.3) is 0 Å². The van der Waals surface area contributed by atoms with Crippen molar-refractivity contribution < 1.29 is 13.3 Å². The van der Waals surface area contributed by atoms with Crippen LogP contribution in [-0.4, -0.2) is 13.3 Å². The summed E-state index contributed by atoms with van der Waals surface area (Å²) in [6, 6.07) is 9.66. The van der Waals surface area contributed by atoms with E-state index < -0.39 is 14.9 Å². The molecule has 0 unspecified atom stereocenters. The van der Waals surface area contributed by atoms with E-state index in [0.717, 1.165) is 24.7 Å². The molecule has 2 aromatic carbocycles. The molecule has 8 heteroatoms. The van der Waals surface area contributed by atoms with Crippen molar-refractivity contribution in [1.29, 1.82) is 0 Å². The van der Waals surface area contributed by atoms with Crippen molar-refractivity contribution in [3.63, 3.8) is 0 Å². The quantitative estimate of drug-likeness (QED) is 0.636. The highest BCUT2D eigenvalue weighted by atomic mass is 32.2. The van der Waals surface area contributed by atoms with Crippen LogP contribution in [-0.2, 0) is 29.7 Å². The van der Waals surface area contributed by atoms with Gasteiger partial charge in [0.1, 0.15) is 0 Å². The molecule has 126 valence electrons. The zero-order chi connectivity index (χ0) is 17.3. The average molecular weight is 347 g/mol. The number of aryl methyl sites for hydroxylation is 1. The van der Waals surface area contributed by atoms with Crippen LogP contribution in [0.4, 0.5) is 5.69 Å². The van der Waals surface area contributed by atoms with Gasteiger partial charge in [-0.05, 0) is 29.2 Å². The van der Waals surface area contributed by atoms with Gasteiger partial charge in [-0.25, -0.2) is 13.1 Å². The van der Waals surface area contributed by atoms with Crippen LogP contribution in [0.2, 0.25) is 0 Å². The highest BCUT2D eigenvalue weighted by Gasteiger charge is 2.20. The number of sulfonamides is 1. The molecule has 0 aliphatic carbocycles. The van der Waals surface area contributed by atoms with Crippen LogP contribution >= 0.6 is 0 Å². The van der Waals surface area contributed by atoms with Gasteiger partial charge in [-0.1, -0.05) is 24.3 Å². The fourth-order valence-electron chi connectivity index (χ4n) is 2.71. The van der Waals surface area contributed by atoms with Crippen molar-refractivity contribution in [3.8, 4) is 0 Å². The van der Waals surface area contributed by atoms with E-state index in [2.05, 4.69) is 10.0 Å². The molecule has 0 amide bonds. The summed E-state index contributed by atoms with van der Waals surface area (Å²) in [5, 5.41) is 14.1. The lowest BCUT2D eigenvalue weighted by atomic mass is 10.1. The van der Waals surface area contributed by atoms with Crippen molar-refractivity contribution in [1.82, 2.24) is 10.0 Å². The van der Waals surface area contributed by atoms with E-state index in [1.807, 2.05) is 18.2 Å². The van der Waals surface area contributed by atoms with Crippen molar-refractivity contribution in [2.24, 2.45) is 0 Å². The van der Waals surface area contributed by atoms with Crippen molar-refractivity contribution in [2.45, 2.75) is 31.5 Å². The van der Waals surface area contributed by atoms with E-state index in [1.165, 1.54) is 23.3 Å². The van der Waals surface area contributed by atoms with E-state index in [4.69, 9.17) is 0 Å². The molecule has 0 saturated carbocycles. The first-order chi connectivity index (χ1) is 11.4. The van der Waals surface area contributed by atoms with E-state index in [1.54, 1.807) is 6.92 Å². The monoisotopic (exact) mass is 347 g/mol. The summed E-state index contributed by atoms with van der Waals surface area (Å²) in [4.78, 5) is 10.2. The Hall–Kier alpha value is -2.29. The minimum absolute atomic E-state index is 0.0699. The molecule has 0 atom stereocenters. The molecular formula is C16H17N3O4S. The molecule has 24 heavy (non-hydrogen) atoms. The maximum atomic E-state index is 12.5. The van der Waals surface area contributed by atoms with Gasteiger partial charge in [0, 0.05) is 31.8 Å². The Morgan fingerprint density at radius 2 is 1.92 bits per heavy atom. The van der Waals surface area contributed by atoms with E-state index in [0.29, 0.717) is 5.56 Å². The summed E-state index contributed by atoms with van der Waals surface area (Å²) >= 11 is 0. The van der Waals surface area contributed by atoms with Gasteiger partial charge in [0.15, 0.2) is 0 Å². The van der Waals surface area contributed by atoms with E-state index >= 15 is 0 Å². The van der Waals surface area contributed by atoms with Crippen molar-refractivity contribution in [2.75, 3.05) is 0 Å². The van der Waals surface area contributed by atoms with Gasteiger partial charge < -0.3 is 5.32 Å². The van der Waals surface area contributed by atoms with Gasteiger partial charge in [0.2, 0.25) is 10.0 Å². The van der Waals surface area contributed by atoms with E-state index in [-0.39, 0.29) is 17.1 Å². The second-order valence-corrected chi connectivity index (χ2v) is 7.47. The van der Waals surface area contributed by atoms with E-state index in [9.17, 15) is 18.5 Å². The molecule has 1 heterocycles. The minimum Gasteiger partial charge on any atom is -0.309 e. The smallest absolute Gasteiger partial charge is 0.270 e. The van der Waals surface area contributed by atoms with Crippen LogP contribution in [0.5, 0.6) is 0 Å². The number of nitro benzene ring substituents is 1. The zero-order valence-electron chi connectivity index (χ0n) is 13.1. The first kappa shape index (κ1) is 16.6. The predicted octanol–water partition coefficient (Wildman–Crippen LogP) is 1.98. The van der Waals surface area contributed by atoms with Gasteiger partial charge in [-0.2, -0.15) is 0 Å². The molecule has 0 fully saturated rings. The van der Waals surface area contributed by atoms with Crippen molar-refractivity contribution in [3.05, 3.63) is 68.8 Å². The lowest BCUT2D eigenvalue weighted by molar-refractivity contribution is -0.385. The fraction of sp³-hybridized carbons (Fsp3) is 0.250. The minimum atomic E-state index is -3.83. The number of nitro groups is 1. The highest BCUT2D eigenvalue weighted by molar-refractivity contribution is 7.89. The number of benzene rings is 2. The average Bonchev–Trinajstić information content (AvgIpc) is 3.00. The summed E-state index contributed by atoms with van der Waals surface area (Å²) < 4.78 is 27.5. The SMILES string of the molecule is Cc1ccc([N+](=O)[O-])cc1S(=O)(=O)NCc1ccc2c(c1)CNC2. The summed E-state index contributed by atoms with van der Waals surface area (Å²) in [5.41, 5.74) is 3.45. The highest BCUT2D eigenvalue weighted by Crippen LogP contribution is 2.22. The number of hydrogen-bond acceptors (Lipinski definition) is 5. The van der Waals surface area contributed by atoms with Gasteiger partial charge in [0.05, 0.1) is 9.82 Å². The molecule has 0 spiro atoms. The Balaban J connectivity index is 1.81. The summed E-state index contributed by atoms with van der Waals surface area (Å²) in [6.45, 7) is 3.35. The molecule has 0 aromatic heterocycles. The Morgan fingerprint density at radius 3 is 2.67 bits per heavy atom. The van der Waals surface area contributed by atoms with Crippen LogP contribution in [0.1, 0.15) is 22.3 Å². The molecular weight excluding hydrogens is 330 g/mol. The first-order valence-corrected chi connectivity index (χ1v) is 8.91. The number of nitrogens with zero attached hydrogens (tertiary/aromatic N) is 1. The Bertz CT molecular complexity index is 910. The molecule has 1 aliphatic rings. The number of fused-ring (bicyclic) bond motifs is 1. The fourth-order valence-corrected chi connectivity index (χ4v) is 3.99. The first-order valence-electron chi connectivity index (χ1n) is 7.43. The summed E-state index contributed by atoms with van der Waals surface area (Å²) in [6.07, 6.45) is 0. The molecule has 0 radical (unpaired) electrons. The molecule has 7 nitrogen and oxygen atoms in total. The summed E-state index contributed by atoms with van der Waals surface area (Å²) in [7, 11) is -3.83. The number of nitrogens with one attached hydrogen (secondary N) is 2. The molecule has 1 aliphatic heterocycles. The largest absolute Gasteiger partial charge is 0.309 e. The third-order valence-corrected chi connectivity index (χ3v) is 5.58. The molecule has 2 aromatic rings. The maximum Gasteiger partial charge on any atom is 0.270 e. The molecule has 0 saturated heterocycles. The zero-order valence-corrected chi connectivity index (χ0v) is 13.9. The van der Waals surface area contributed by atoms with Crippen LogP contribution < -0.4 is 10.0 Å². The molecule has 0 bridgehead atoms. The third kappa shape index (κ3) is 3.30. The predicted molar refractivity (Wildman–Crippen MR) is 88.8 cm³/mol. The maximum absolute atomic E-state index is 12.5. The van der Waals surface area contributed by atoms with Gasteiger partial charge in [0.25, 0.3) is 5.69 Å². The number of rotatable bonds is 5. The van der Waals surface area contributed by atoms with Crippen LogP contribution in [0, 0.1) is 17.0 Å². The van der Waals surface area contributed by atoms with Gasteiger partial charge >= 0.3 is 0 Å². The normalized spacial score (nSPS) is 13.7. The van der Waals surface area contributed by atoms with Gasteiger partial charge in [-0.15, -0.1) is 0 Å². The molecule has 3 rings (SSSR count). The number of hydrogen-bond donors (Lipinski definition) is 2. The Morgan fingerprint density at radius 1 is 1.17 bits per heavy atom. The van der Waals surface area contributed by atoms with Gasteiger partial charge in [-0.3, -0.25) is 10.1 Å². The topological polar surface area (TPSA) is 101 Å². The third-order valence-electron chi connectivity index (χ3n) is 4.04. The van der Waals surface area contributed by atoms with Crippen LogP contribution in [0.3, 0.4) is 0 Å². The van der Waals surface area contributed by atoms with Crippen LogP contribution in [0.15, 0.2) is 41.3 Å². The Labute approximate surface area is 139 Å². The standard InChI is InChI=1S/C16H17N3O4S/c1-11-2-5-15(19(20)21)7-16(11)24(22,23)18-8-12-3-4-13-9-17-10-14(13)6-12/h2-7,17-18H,8-10H2,1H3. The van der Waals surface area contributed by atoms with Crippen molar-refractivity contribution >= 4 is 15.7 Å².